The van der Waals surface area contributed by atoms with E-state index in [-0.39, 0.29) is 12.3 Å². The van der Waals surface area contributed by atoms with Crippen LogP contribution in [0.5, 0.6) is 0 Å². The van der Waals surface area contributed by atoms with Gasteiger partial charge in [-0.15, -0.1) is 0 Å². The van der Waals surface area contributed by atoms with Crippen LogP contribution < -0.4 is 16.4 Å². The van der Waals surface area contributed by atoms with Crippen molar-refractivity contribution in [2.45, 2.75) is 88.4 Å². The summed E-state index contributed by atoms with van der Waals surface area (Å²) in [6.45, 7) is 7.76. The van der Waals surface area contributed by atoms with E-state index in [1.807, 2.05) is 18.2 Å². The van der Waals surface area contributed by atoms with Crippen LogP contribution >= 0.6 is 0 Å². The van der Waals surface area contributed by atoms with Crippen molar-refractivity contribution in [3.63, 3.8) is 0 Å². The molecule has 0 bridgehead atoms. The summed E-state index contributed by atoms with van der Waals surface area (Å²) in [5, 5.41) is 14.4. The summed E-state index contributed by atoms with van der Waals surface area (Å²) in [6.07, 6.45) is 16.0. The number of anilines is 2. The molecule has 61 heavy (non-hydrogen) atoms. The van der Waals surface area contributed by atoms with Gasteiger partial charge < -0.3 is 25.8 Å². The van der Waals surface area contributed by atoms with E-state index in [0.717, 1.165) is 129 Å². The number of carbonyl (C=O) groups is 1. The number of ether oxygens (including phenoxy) is 2. The third-order valence-electron chi connectivity index (χ3n) is 13.7. The standard InChI is InChI=1S/C23H27N7O.C23H29N5O2/c1-2-16(22-26-14-27-29-22)11-19-15(1)12-20-21(19)23(25-13-24-20)28-17-3-5-18(6-4-17)30-7-9-31-10-8-30;24-13-21(29)16-2-1-15-12-20-22(19(15)11-16)23(26-14-25-20)27-17-3-5-18(6-4-17)28-7-9-30-10-8-28/h1-2,11,13-14,17-18H,3-10,12H2,(H,24,25,28)(H,26,27,29);1-2,11,14,17-18H,3-10,12-13,24H2,(H,25,26,27). The highest BCUT2D eigenvalue weighted by Crippen LogP contribution is 2.43. The Morgan fingerprint density at radius 1 is 0.656 bits per heavy atom. The van der Waals surface area contributed by atoms with Crippen molar-refractivity contribution in [3.05, 3.63) is 83.5 Å². The lowest BCUT2D eigenvalue weighted by Gasteiger charge is -2.39. The van der Waals surface area contributed by atoms with Gasteiger partial charge in [-0.25, -0.2) is 24.9 Å². The van der Waals surface area contributed by atoms with Crippen LogP contribution in [-0.4, -0.2) is 134 Å². The minimum absolute atomic E-state index is 0.0222. The number of morpholine rings is 2. The number of hydrogen-bond donors (Lipinski definition) is 4. The Morgan fingerprint density at radius 2 is 1.18 bits per heavy atom. The zero-order valence-electron chi connectivity index (χ0n) is 34.8. The first-order chi connectivity index (χ1) is 30.1. The number of nitrogens with two attached hydrogens (primary N) is 1. The summed E-state index contributed by atoms with van der Waals surface area (Å²) in [7, 11) is 0. The monoisotopic (exact) mass is 824 g/mol. The minimum atomic E-state index is -0.0426. The molecule has 2 aliphatic heterocycles. The van der Waals surface area contributed by atoms with Gasteiger partial charge in [0.15, 0.2) is 11.6 Å². The number of ketones is 1. The molecule has 6 aliphatic rings. The van der Waals surface area contributed by atoms with Crippen molar-refractivity contribution in [2.75, 3.05) is 69.8 Å². The maximum atomic E-state index is 12.1. The van der Waals surface area contributed by atoms with Gasteiger partial charge in [-0.2, -0.15) is 5.10 Å². The molecule has 0 radical (unpaired) electrons. The van der Waals surface area contributed by atoms with Gasteiger partial charge in [-0.1, -0.05) is 24.3 Å². The number of aromatic nitrogens is 7. The molecule has 11 rings (SSSR count). The number of fused-ring (bicyclic) bond motifs is 6. The smallest absolute Gasteiger partial charge is 0.176 e. The Balaban J connectivity index is 0.000000146. The first-order valence-corrected chi connectivity index (χ1v) is 22.3. The Hall–Kier alpha value is -5.19. The van der Waals surface area contributed by atoms with E-state index in [9.17, 15) is 4.79 Å². The molecule has 3 aromatic heterocycles. The number of benzene rings is 2. The molecule has 0 spiro atoms. The van der Waals surface area contributed by atoms with E-state index < -0.39 is 0 Å². The summed E-state index contributed by atoms with van der Waals surface area (Å²) >= 11 is 0. The second-order valence-electron chi connectivity index (χ2n) is 17.2. The number of H-pyrrole nitrogens is 1. The van der Waals surface area contributed by atoms with Crippen LogP contribution in [0.3, 0.4) is 0 Å². The topological polar surface area (TPSA) is 185 Å². The number of hydrogen-bond acceptors (Lipinski definition) is 14. The minimum Gasteiger partial charge on any atom is -0.379 e. The third kappa shape index (κ3) is 8.54. The molecule has 0 unspecified atom stereocenters. The number of rotatable bonds is 9. The van der Waals surface area contributed by atoms with Gasteiger partial charge in [0.05, 0.1) is 44.4 Å². The van der Waals surface area contributed by atoms with Crippen LogP contribution in [0.25, 0.3) is 33.6 Å². The van der Waals surface area contributed by atoms with Crippen molar-refractivity contribution in [3.8, 4) is 33.6 Å². The molecule has 2 saturated carbocycles. The number of nitrogens with one attached hydrogen (secondary N) is 3. The number of nitrogens with zero attached hydrogens (tertiary/aromatic N) is 8. The van der Waals surface area contributed by atoms with Crippen molar-refractivity contribution in [1.29, 1.82) is 0 Å². The highest BCUT2D eigenvalue weighted by molar-refractivity contribution is 6.00. The molecule has 4 aliphatic carbocycles. The van der Waals surface area contributed by atoms with E-state index in [4.69, 9.17) is 15.2 Å². The van der Waals surface area contributed by atoms with Crippen LogP contribution in [0.2, 0.25) is 0 Å². The Labute approximate surface area is 356 Å². The fourth-order valence-corrected chi connectivity index (χ4v) is 10.4. The normalized spacial score (nSPS) is 23.5. The van der Waals surface area contributed by atoms with E-state index >= 15 is 0 Å². The lowest BCUT2D eigenvalue weighted by molar-refractivity contribution is 0.00788. The average molecular weight is 825 g/mol. The number of Topliss-reactive ketones (excluding diaryl/α,β-unsaturated/α-hetero) is 1. The quantitative estimate of drug-likeness (QED) is 0.140. The fraction of sp³-hybridized carbons (Fsp3) is 0.500. The van der Waals surface area contributed by atoms with Crippen LogP contribution in [-0.2, 0) is 22.3 Å². The van der Waals surface area contributed by atoms with Gasteiger partial charge in [-0.3, -0.25) is 19.7 Å². The summed E-state index contributed by atoms with van der Waals surface area (Å²) in [6, 6.07) is 14.6. The maximum Gasteiger partial charge on any atom is 0.176 e. The predicted octanol–water partition coefficient (Wildman–Crippen LogP) is 5.13. The molecule has 318 valence electrons. The summed E-state index contributed by atoms with van der Waals surface area (Å²) in [5.41, 5.74) is 16.3. The van der Waals surface area contributed by atoms with E-state index in [2.05, 4.69) is 73.7 Å². The SMILES string of the molecule is NCC(=O)c1ccc2c(c1)-c1c(ncnc1NC1CCC(N3CCOCC3)CC1)C2.c1n[nH]c(-c2ccc3c(c2)-c2c(ncnc2NC2CCC(N4CCOCC4)CC2)C3)n1. The molecule has 5 aromatic rings. The molecule has 5 N–H and O–H groups in total. The van der Waals surface area contributed by atoms with E-state index in [1.165, 1.54) is 55.2 Å². The zero-order chi connectivity index (χ0) is 41.1. The lowest BCUT2D eigenvalue weighted by Crippen LogP contribution is -2.46. The molecular weight excluding hydrogens is 769 g/mol. The molecule has 0 atom stereocenters. The summed E-state index contributed by atoms with van der Waals surface area (Å²) in [4.78, 5) is 40.0. The first kappa shape index (κ1) is 39.9. The second-order valence-corrected chi connectivity index (χ2v) is 17.2. The highest BCUT2D eigenvalue weighted by Gasteiger charge is 2.32. The van der Waals surface area contributed by atoms with Crippen molar-refractivity contribution < 1.29 is 14.3 Å². The van der Waals surface area contributed by atoms with Crippen molar-refractivity contribution >= 4 is 17.4 Å². The third-order valence-corrected chi connectivity index (χ3v) is 13.7. The van der Waals surface area contributed by atoms with Crippen LogP contribution in [0, 0.1) is 0 Å². The van der Waals surface area contributed by atoms with Crippen LogP contribution in [0.4, 0.5) is 11.6 Å². The number of aromatic amines is 1. The zero-order valence-corrected chi connectivity index (χ0v) is 34.8. The Kier molecular flexibility index (Phi) is 11.8. The van der Waals surface area contributed by atoms with Crippen LogP contribution in [0.15, 0.2) is 55.4 Å². The number of carbonyl (C=O) groups excluding carboxylic acids is 1. The van der Waals surface area contributed by atoms with E-state index in [1.54, 1.807) is 19.0 Å². The largest absolute Gasteiger partial charge is 0.379 e. The van der Waals surface area contributed by atoms with Crippen LogP contribution in [0.1, 0.15) is 84.2 Å². The summed E-state index contributed by atoms with van der Waals surface area (Å²) in [5.74, 6) is 2.60. The Bertz CT molecular complexity index is 2310. The van der Waals surface area contributed by atoms with Gasteiger partial charge in [-0.05, 0) is 85.8 Å². The highest BCUT2D eigenvalue weighted by atomic mass is 16.5. The molecule has 15 heteroatoms. The maximum absolute atomic E-state index is 12.1. The molecule has 15 nitrogen and oxygen atoms in total. The van der Waals surface area contributed by atoms with E-state index in [0.29, 0.717) is 29.7 Å². The Morgan fingerprint density at radius 3 is 1.69 bits per heavy atom. The van der Waals surface area contributed by atoms with Gasteiger partial charge >= 0.3 is 0 Å². The molecular formula is C46H56N12O3. The molecule has 2 saturated heterocycles. The predicted molar refractivity (Wildman–Crippen MR) is 233 cm³/mol. The second kappa shape index (κ2) is 18.0. The van der Waals surface area contributed by atoms with Gasteiger partial charge in [0.25, 0.3) is 0 Å². The summed E-state index contributed by atoms with van der Waals surface area (Å²) < 4.78 is 11.0. The van der Waals surface area contributed by atoms with Crippen molar-refractivity contribution in [1.82, 2.24) is 44.9 Å². The fourth-order valence-electron chi connectivity index (χ4n) is 10.4. The molecule has 4 fully saturated rings. The lowest BCUT2D eigenvalue weighted by atomic mass is 9.89. The van der Waals surface area contributed by atoms with Gasteiger partial charge in [0.2, 0.25) is 0 Å². The molecule has 2 aromatic carbocycles. The van der Waals surface area contributed by atoms with Crippen molar-refractivity contribution in [2.24, 2.45) is 5.73 Å². The van der Waals surface area contributed by atoms with Gasteiger partial charge in [0.1, 0.15) is 30.6 Å². The van der Waals surface area contributed by atoms with Gasteiger partial charge in [0, 0.05) is 85.4 Å². The first-order valence-electron chi connectivity index (χ1n) is 22.3. The molecule has 5 heterocycles. The molecule has 0 amide bonds. The average Bonchev–Trinajstić information content (AvgIpc) is 4.08.